The van der Waals surface area contributed by atoms with Crippen molar-refractivity contribution in [2.45, 2.75) is 33.6 Å². The van der Waals surface area contributed by atoms with E-state index in [9.17, 15) is 10.1 Å². The average Bonchev–Trinajstić information content (AvgIpc) is 2.25. The number of hydrogen-bond donors (Lipinski definition) is 1. The van der Waals surface area contributed by atoms with Crippen LogP contribution in [0.3, 0.4) is 0 Å². The molecule has 1 N–H and O–H groups in total. The molecule has 0 aliphatic heterocycles. The van der Waals surface area contributed by atoms with Gasteiger partial charge in [-0.1, -0.05) is 20.8 Å². The summed E-state index contributed by atoms with van der Waals surface area (Å²) in [5.74, 6) is 0.644. The van der Waals surface area contributed by atoms with E-state index in [-0.39, 0.29) is 5.69 Å². The number of rotatable bonds is 6. The van der Waals surface area contributed by atoms with Crippen LogP contribution in [0.25, 0.3) is 0 Å². The summed E-state index contributed by atoms with van der Waals surface area (Å²) in [5, 5.41) is 14.0. The molecule has 0 spiro atoms. The Kier molecular flexibility index (Phi) is 4.81. The summed E-state index contributed by atoms with van der Waals surface area (Å²) < 4.78 is 0. The third-order valence-corrected chi connectivity index (χ3v) is 2.22. The molecule has 0 bridgehead atoms. The molecule has 0 radical (unpaired) electrons. The van der Waals surface area contributed by atoms with Crippen molar-refractivity contribution in [2.24, 2.45) is 5.92 Å². The topological polar surface area (TPSA) is 81.0 Å². The van der Waals surface area contributed by atoms with Crippen LogP contribution in [0.1, 0.15) is 32.9 Å². The second kappa shape index (κ2) is 6.12. The lowest BCUT2D eigenvalue weighted by molar-refractivity contribution is -0.385. The highest BCUT2D eigenvalue weighted by Gasteiger charge is 2.22. The summed E-state index contributed by atoms with van der Waals surface area (Å²) in [6, 6.07) is 0. The van der Waals surface area contributed by atoms with Crippen molar-refractivity contribution in [3.8, 4) is 0 Å². The summed E-state index contributed by atoms with van der Waals surface area (Å²) >= 11 is 0. The first-order valence-corrected chi connectivity index (χ1v) is 5.78. The molecule has 0 aromatic carbocycles. The van der Waals surface area contributed by atoms with E-state index in [1.807, 2.05) is 20.8 Å². The van der Waals surface area contributed by atoms with E-state index in [2.05, 4.69) is 15.3 Å². The van der Waals surface area contributed by atoms with Gasteiger partial charge in [0.15, 0.2) is 0 Å². The minimum absolute atomic E-state index is 0.00894. The minimum Gasteiger partial charge on any atom is -0.364 e. The van der Waals surface area contributed by atoms with Crippen LogP contribution in [0.4, 0.5) is 11.5 Å². The molecule has 6 nitrogen and oxygen atoms in total. The Morgan fingerprint density at radius 3 is 2.71 bits per heavy atom. The van der Waals surface area contributed by atoms with Crippen molar-refractivity contribution in [1.29, 1.82) is 0 Å². The standard InChI is InChI=1S/C11H18N4O2/c1-4-5-12-11-10(15(16)17)9(6-8(2)3)13-7-14-11/h7-8H,4-6H2,1-3H3,(H,12,13,14). The van der Waals surface area contributed by atoms with E-state index >= 15 is 0 Å². The van der Waals surface area contributed by atoms with Gasteiger partial charge in [0.25, 0.3) is 0 Å². The van der Waals surface area contributed by atoms with Gasteiger partial charge in [-0.2, -0.15) is 0 Å². The van der Waals surface area contributed by atoms with Crippen molar-refractivity contribution in [2.75, 3.05) is 11.9 Å². The molecule has 17 heavy (non-hydrogen) atoms. The van der Waals surface area contributed by atoms with E-state index in [0.29, 0.717) is 30.4 Å². The van der Waals surface area contributed by atoms with Crippen LogP contribution in [0.5, 0.6) is 0 Å². The van der Waals surface area contributed by atoms with Crippen molar-refractivity contribution < 1.29 is 4.92 Å². The molecular weight excluding hydrogens is 220 g/mol. The molecule has 0 saturated heterocycles. The molecule has 1 aromatic rings. The Balaban J connectivity index is 3.08. The summed E-state index contributed by atoms with van der Waals surface area (Å²) in [5.41, 5.74) is 0.508. The number of hydrogen-bond acceptors (Lipinski definition) is 5. The van der Waals surface area contributed by atoms with Crippen LogP contribution in [0.15, 0.2) is 6.33 Å². The molecule has 0 fully saturated rings. The lowest BCUT2D eigenvalue weighted by Crippen LogP contribution is -2.10. The van der Waals surface area contributed by atoms with Crippen LogP contribution in [-0.2, 0) is 6.42 Å². The number of anilines is 1. The van der Waals surface area contributed by atoms with Crippen LogP contribution in [0, 0.1) is 16.0 Å². The number of nitrogens with one attached hydrogen (secondary N) is 1. The smallest absolute Gasteiger partial charge is 0.332 e. The fourth-order valence-electron chi connectivity index (χ4n) is 1.52. The first kappa shape index (κ1) is 13.3. The maximum atomic E-state index is 11.1. The van der Waals surface area contributed by atoms with Gasteiger partial charge in [-0.3, -0.25) is 10.1 Å². The van der Waals surface area contributed by atoms with Gasteiger partial charge in [0.05, 0.1) is 4.92 Å². The van der Waals surface area contributed by atoms with E-state index in [0.717, 1.165) is 6.42 Å². The fourth-order valence-corrected chi connectivity index (χ4v) is 1.52. The summed E-state index contributed by atoms with van der Waals surface area (Å²) in [6.07, 6.45) is 2.85. The third-order valence-electron chi connectivity index (χ3n) is 2.22. The van der Waals surface area contributed by atoms with E-state index in [1.54, 1.807) is 0 Å². The lowest BCUT2D eigenvalue weighted by atomic mass is 10.1. The predicted octanol–water partition coefficient (Wildman–Crippen LogP) is 2.41. The largest absolute Gasteiger partial charge is 0.364 e. The summed E-state index contributed by atoms with van der Waals surface area (Å²) in [7, 11) is 0. The van der Waals surface area contributed by atoms with E-state index in [4.69, 9.17) is 0 Å². The van der Waals surface area contributed by atoms with E-state index < -0.39 is 4.92 Å². The fraction of sp³-hybridized carbons (Fsp3) is 0.636. The monoisotopic (exact) mass is 238 g/mol. The van der Waals surface area contributed by atoms with E-state index in [1.165, 1.54) is 6.33 Å². The third kappa shape index (κ3) is 3.65. The molecule has 0 saturated carbocycles. The van der Waals surface area contributed by atoms with Gasteiger partial charge in [-0.15, -0.1) is 0 Å². The van der Waals surface area contributed by atoms with Gasteiger partial charge < -0.3 is 5.32 Å². The SMILES string of the molecule is CCCNc1ncnc(CC(C)C)c1[N+](=O)[O-]. The van der Waals surface area contributed by atoms with Gasteiger partial charge in [0.2, 0.25) is 5.82 Å². The van der Waals surface area contributed by atoms with Crippen molar-refractivity contribution in [3.05, 3.63) is 22.1 Å². The predicted molar refractivity (Wildman–Crippen MR) is 66.0 cm³/mol. The molecule has 1 aromatic heterocycles. The molecule has 0 aliphatic rings. The normalized spacial score (nSPS) is 10.6. The zero-order valence-corrected chi connectivity index (χ0v) is 10.4. The van der Waals surface area contributed by atoms with Gasteiger partial charge in [-0.25, -0.2) is 9.97 Å². The Bertz CT molecular complexity index is 393. The average molecular weight is 238 g/mol. The quantitative estimate of drug-likeness (QED) is 0.608. The maximum Gasteiger partial charge on any atom is 0.332 e. The molecular formula is C11H18N4O2. The van der Waals surface area contributed by atoms with Crippen LogP contribution < -0.4 is 5.32 Å². The first-order valence-electron chi connectivity index (χ1n) is 5.78. The number of aromatic nitrogens is 2. The Morgan fingerprint density at radius 1 is 1.47 bits per heavy atom. The molecule has 0 atom stereocenters. The Hall–Kier alpha value is -1.72. The molecule has 1 heterocycles. The minimum atomic E-state index is -0.407. The first-order chi connectivity index (χ1) is 8.06. The summed E-state index contributed by atoms with van der Waals surface area (Å²) in [4.78, 5) is 18.6. The lowest BCUT2D eigenvalue weighted by Gasteiger charge is -2.08. The van der Waals surface area contributed by atoms with Gasteiger partial charge in [0.1, 0.15) is 12.0 Å². The van der Waals surface area contributed by atoms with Crippen molar-refractivity contribution >= 4 is 11.5 Å². The molecule has 0 unspecified atom stereocenters. The van der Waals surface area contributed by atoms with Gasteiger partial charge in [0, 0.05) is 6.54 Å². The second-order valence-electron chi connectivity index (χ2n) is 4.30. The highest BCUT2D eigenvalue weighted by molar-refractivity contribution is 5.58. The van der Waals surface area contributed by atoms with Gasteiger partial charge >= 0.3 is 5.69 Å². The Morgan fingerprint density at radius 2 is 2.18 bits per heavy atom. The van der Waals surface area contributed by atoms with Crippen LogP contribution in [0.2, 0.25) is 0 Å². The van der Waals surface area contributed by atoms with Crippen molar-refractivity contribution in [1.82, 2.24) is 9.97 Å². The highest BCUT2D eigenvalue weighted by Crippen LogP contribution is 2.26. The molecule has 6 heteroatoms. The van der Waals surface area contributed by atoms with Crippen LogP contribution >= 0.6 is 0 Å². The molecule has 0 amide bonds. The number of nitro groups is 1. The van der Waals surface area contributed by atoms with Gasteiger partial charge in [-0.05, 0) is 18.8 Å². The molecule has 94 valence electrons. The molecule has 0 aliphatic carbocycles. The highest BCUT2D eigenvalue weighted by atomic mass is 16.6. The van der Waals surface area contributed by atoms with Crippen LogP contribution in [-0.4, -0.2) is 21.4 Å². The van der Waals surface area contributed by atoms with Crippen molar-refractivity contribution in [3.63, 3.8) is 0 Å². The second-order valence-corrected chi connectivity index (χ2v) is 4.30. The maximum absolute atomic E-state index is 11.1. The molecule has 1 rings (SSSR count). The number of nitrogens with zero attached hydrogens (tertiary/aromatic N) is 3. The Labute approximate surface area is 101 Å². The summed E-state index contributed by atoms with van der Waals surface area (Å²) in [6.45, 7) is 6.67. The zero-order chi connectivity index (χ0) is 12.8. The zero-order valence-electron chi connectivity index (χ0n) is 10.4.